The quantitative estimate of drug-likeness (QED) is 0.712. The summed E-state index contributed by atoms with van der Waals surface area (Å²) in [5.74, 6) is 3.43. The van der Waals surface area contributed by atoms with Crippen LogP contribution < -0.4 is 5.56 Å². The van der Waals surface area contributed by atoms with E-state index in [4.69, 9.17) is 4.42 Å². The normalized spacial score (nSPS) is 20.2. The number of hydrogen-bond acceptors (Lipinski definition) is 5. The maximum Gasteiger partial charge on any atom is 0.259 e. The second-order valence-electron chi connectivity index (χ2n) is 6.88. The molecule has 2 atom stereocenters. The predicted octanol–water partition coefficient (Wildman–Crippen LogP) is 3.41. The molecule has 0 amide bonds. The molecule has 5 nitrogen and oxygen atoms in total. The van der Waals surface area contributed by atoms with Crippen molar-refractivity contribution in [2.75, 3.05) is 7.05 Å². The summed E-state index contributed by atoms with van der Waals surface area (Å²) in [7, 11) is 2.02. The number of rotatable bonds is 5. The summed E-state index contributed by atoms with van der Waals surface area (Å²) < 4.78 is 7.61. The molecule has 0 saturated heterocycles. The van der Waals surface area contributed by atoms with E-state index in [9.17, 15) is 4.79 Å². The molecule has 0 spiro atoms. The van der Waals surface area contributed by atoms with E-state index in [1.54, 1.807) is 10.5 Å². The van der Waals surface area contributed by atoms with Crippen molar-refractivity contribution in [3.8, 4) is 0 Å². The molecule has 24 heavy (non-hydrogen) atoms. The first kappa shape index (κ1) is 15.6. The molecular formula is C18H21N3O2S. The summed E-state index contributed by atoms with van der Waals surface area (Å²) in [5.41, 5.74) is 1.72. The lowest BCUT2D eigenvalue weighted by Crippen LogP contribution is -2.21. The van der Waals surface area contributed by atoms with E-state index in [2.05, 4.69) is 28.9 Å². The Morgan fingerprint density at radius 2 is 2.21 bits per heavy atom. The molecule has 1 saturated carbocycles. The average Bonchev–Trinajstić information content (AvgIpc) is 2.92. The lowest BCUT2D eigenvalue weighted by molar-refractivity contribution is 0.280. The van der Waals surface area contributed by atoms with Crippen LogP contribution in [-0.2, 0) is 13.1 Å². The van der Waals surface area contributed by atoms with Gasteiger partial charge in [-0.3, -0.25) is 14.1 Å². The molecule has 6 heteroatoms. The molecular weight excluding hydrogens is 322 g/mol. The lowest BCUT2D eigenvalue weighted by atomic mass is 10.3. The van der Waals surface area contributed by atoms with Crippen LogP contribution in [0, 0.1) is 12.8 Å². The second-order valence-corrected chi connectivity index (χ2v) is 7.71. The highest BCUT2D eigenvalue weighted by molar-refractivity contribution is 7.15. The third-order valence-corrected chi connectivity index (χ3v) is 5.59. The minimum Gasteiger partial charge on any atom is -0.464 e. The number of fused-ring (bicyclic) bond motifs is 1. The molecule has 0 aromatic carbocycles. The number of aromatic nitrogens is 2. The number of furan rings is 1. The Morgan fingerprint density at radius 3 is 2.96 bits per heavy atom. The minimum absolute atomic E-state index is 0.00911. The van der Waals surface area contributed by atoms with Gasteiger partial charge in [0.2, 0.25) is 0 Å². The van der Waals surface area contributed by atoms with Gasteiger partial charge in [-0.25, -0.2) is 4.98 Å². The Balaban J connectivity index is 1.46. The van der Waals surface area contributed by atoms with E-state index in [0.29, 0.717) is 19.0 Å². The smallest absolute Gasteiger partial charge is 0.259 e. The van der Waals surface area contributed by atoms with E-state index in [1.807, 2.05) is 19.4 Å². The van der Waals surface area contributed by atoms with Crippen LogP contribution in [0.15, 0.2) is 32.8 Å². The van der Waals surface area contributed by atoms with Gasteiger partial charge in [-0.1, -0.05) is 6.92 Å². The van der Waals surface area contributed by atoms with Crippen LogP contribution in [0.25, 0.3) is 4.96 Å². The number of nitrogens with zero attached hydrogens (tertiary/aromatic N) is 3. The minimum atomic E-state index is -0.00911. The SMILES string of the molecule is Cc1csc2nc(CN(C)Cc3ccc([C@H]4C[C@H]4C)o3)cc(=O)n12. The van der Waals surface area contributed by atoms with Gasteiger partial charge in [0, 0.05) is 29.6 Å². The standard InChI is InChI=1S/C18H21N3O2S/c1-11-6-15(11)16-5-4-14(23-16)9-20(3)8-13-7-17(22)21-12(2)10-24-18(21)19-13/h4-5,7,10-11,15H,6,8-9H2,1-3H3/t11-,15+/m1/s1. The highest BCUT2D eigenvalue weighted by Gasteiger charge is 2.36. The third-order valence-electron chi connectivity index (χ3n) is 4.64. The van der Waals surface area contributed by atoms with Gasteiger partial charge in [-0.2, -0.15) is 0 Å². The summed E-state index contributed by atoms with van der Waals surface area (Å²) in [4.78, 5) is 19.7. The van der Waals surface area contributed by atoms with Gasteiger partial charge in [0.25, 0.3) is 5.56 Å². The monoisotopic (exact) mass is 343 g/mol. The maximum absolute atomic E-state index is 12.2. The zero-order valence-corrected chi connectivity index (χ0v) is 15.0. The molecule has 3 aromatic heterocycles. The molecule has 3 heterocycles. The second kappa shape index (κ2) is 5.86. The molecule has 1 fully saturated rings. The summed E-state index contributed by atoms with van der Waals surface area (Å²) in [6.07, 6.45) is 1.23. The Hall–Kier alpha value is -1.92. The fourth-order valence-electron chi connectivity index (χ4n) is 3.18. The van der Waals surface area contributed by atoms with Crippen molar-refractivity contribution in [2.24, 2.45) is 5.92 Å². The van der Waals surface area contributed by atoms with Gasteiger partial charge in [-0.15, -0.1) is 11.3 Å². The van der Waals surface area contributed by atoms with Gasteiger partial charge in [-0.05, 0) is 38.4 Å². The van der Waals surface area contributed by atoms with Gasteiger partial charge in [0.15, 0.2) is 4.96 Å². The summed E-state index contributed by atoms with van der Waals surface area (Å²) in [6, 6.07) is 5.79. The average molecular weight is 343 g/mol. The Bertz CT molecular complexity index is 939. The molecule has 4 rings (SSSR count). The first-order valence-corrected chi connectivity index (χ1v) is 9.13. The van der Waals surface area contributed by atoms with E-state index in [1.165, 1.54) is 17.8 Å². The number of hydrogen-bond donors (Lipinski definition) is 0. The molecule has 126 valence electrons. The highest BCUT2D eigenvalue weighted by atomic mass is 32.1. The third kappa shape index (κ3) is 2.91. The molecule has 0 unspecified atom stereocenters. The topological polar surface area (TPSA) is 50.8 Å². The van der Waals surface area contributed by atoms with Crippen LogP contribution in [0.1, 0.15) is 42.2 Å². The van der Waals surface area contributed by atoms with E-state index >= 15 is 0 Å². The van der Waals surface area contributed by atoms with Crippen molar-refractivity contribution < 1.29 is 4.42 Å². The van der Waals surface area contributed by atoms with Crippen molar-refractivity contribution in [1.29, 1.82) is 0 Å². The molecule has 0 N–H and O–H groups in total. The van der Waals surface area contributed by atoms with E-state index in [0.717, 1.165) is 33.8 Å². The Morgan fingerprint density at radius 1 is 1.42 bits per heavy atom. The first-order chi connectivity index (χ1) is 11.5. The van der Waals surface area contributed by atoms with Crippen molar-refractivity contribution in [1.82, 2.24) is 14.3 Å². The van der Waals surface area contributed by atoms with Gasteiger partial charge in [0.05, 0.1) is 12.2 Å². The summed E-state index contributed by atoms with van der Waals surface area (Å²) >= 11 is 1.50. The fraction of sp³-hybridized carbons (Fsp3) is 0.444. The zero-order chi connectivity index (χ0) is 16.8. The molecule has 0 bridgehead atoms. The van der Waals surface area contributed by atoms with Gasteiger partial charge in [0.1, 0.15) is 11.5 Å². The van der Waals surface area contributed by atoms with Crippen LogP contribution >= 0.6 is 11.3 Å². The zero-order valence-electron chi connectivity index (χ0n) is 14.2. The summed E-state index contributed by atoms with van der Waals surface area (Å²) in [5, 5.41) is 1.96. The first-order valence-electron chi connectivity index (χ1n) is 8.25. The van der Waals surface area contributed by atoms with Crippen LogP contribution in [-0.4, -0.2) is 21.3 Å². The van der Waals surface area contributed by atoms with Crippen LogP contribution in [0.4, 0.5) is 0 Å². The van der Waals surface area contributed by atoms with Crippen molar-refractivity contribution >= 4 is 16.3 Å². The van der Waals surface area contributed by atoms with Gasteiger partial charge >= 0.3 is 0 Å². The number of thiazole rings is 1. The largest absolute Gasteiger partial charge is 0.464 e. The molecule has 1 aliphatic rings. The Labute approximate surface area is 144 Å². The van der Waals surface area contributed by atoms with Crippen LogP contribution in [0.3, 0.4) is 0 Å². The van der Waals surface area contributed by atoms with Crippen molar-refractivity contribution in [2.45, 2.75) is 39.3 Å². The maximum atomic E-state index is 12.2. The fourth-order valence-corrected chi connectivity index (χ4v) is 4.07. The molecule has 3 aromatic rings. The molecule has 1 aliphatic carbocycles. The predicted molar refractivity (Wildman–Crippen MR) is 94.5 cm³/mol. The lowest BCUT2D eigenvalue weighted by Gasteiger charge is -2.14. The van der Waals surface area contributed by atoms with E-state index < -0.39 is 0 Å². The van der Waals surface area contributed by atoms with Crippen LogP contribution in [0.2, 0.25) is 0 Å². The van der Waals surface area contributed by atoms with E-state index in [-0.39, 0.29) is 5.56 Å². The Kier molecular flexibility index (Phi) is 3.81. The van der Waals surface area contributed by atoms with Crippen molar-refractivity contribution in [3.05, 3.63) is 56.8 Å². The van der Waals surface area contributed by atoms with Crippen LogP contribution in [0.5, 0.6) is 0 Å². The molecule has 0 aliphatic heterocycles. The summed E-state index contributed by atoms with van der Waals surface area (Å²) in [6.45, 7) is 5.52. The highest BCUT2D eigenvalue weighted by Crippen LogP contribution is 2.47. The van der Waals surface area contributed by atoms with Crippen molar-refractivity contribution in [3.63, 3.8) is 0 Å². The van der Waals surface area contributed by atoms with Gasteiger partial charge < -0.3 is 4.42 Å². The molecule has 0 radical (unpaired) electrons. The number of aryl methyl sites for hydroxylation is 1.